The second-order valence-electron chi connectivity index (χ2n) is 6.44. The number of nitrogens with two attached hydrogens (primary N) is 1. The summed E-state index contributed by atoms with van der Waals surface area (Å²) in [6.45, 7) is 0. The number of aromatic nitrogens is 3. The molecule has 1 aliphatic heterocycles. The highest BCUT2D eigenvalue weighted by molar-refractivity contribution is 7.99. The van der Waals surface area contributed by atoms with Crippen LogP contribution in [0, 0.1) is 0 Å². The molecule has 0 radical (unpaired) electrons. The molecule has 1 aliphatic rings. The zero-order valence-electron chi connectivity index (χ0n) is 15.5. The lowest BCUT2D eigenvalue weighted by atomic mass is 10.1. The molecule has 30 heavy (non-hydrogen) atoms. The number of rotatable bonds is 6. The Morgan fingerprint density at radius 1 is 1.20 bits per heavy atom. The maximum atomic E-state index is 13.0. The van der Waals surface area contributed by atoms with Crippen molar-refractivity contribution in [2.24, 2.45) is 5.10 Å². The summed E-state index contributed by atoms with van der Waals surface area (Å²) >= 11 is 2.79. The van der Waals surface area contributed by atoms with Gasteiger partial charge in [0, 0.05) is 6.42 Å². The van der Waals surface area contributed by atoms with Crippen molar-refractivity contribution in [3.8, 4) is 11.6 Å². The summed E-state index contributed by atoms with van der Waals surface area (Å²) in [6, 6.07) is 10.8. The minimum atomic E-state index is -0.278. The molecule has 5 heterocycles. The lowest BCUT2D eigenvalue weighted by molar-refractivity contribution is -0.130. The van der Waals surface area contributed by atoms with Crippen molar-refractivity contribution < 1.29 is 13.6 Å². The van der Waals surface area contributed by atoms with Crippen molar-refractivity contribution in [1.82, 2.24) is 19.9 Å². The molecular formula is C19H16N6O3S2. The Kier molecular flexibility index (Phi) is 4.89. The van der Waals surface area contributed by atoms with E-state index in [4.69, 9.17) is 14.7 Å². The van der Waals surface area contributed by atoms with Crippen molar-refractivity contribution in [2.75, 3.05) is 11.6 Å². The SMILES string of the molecule is Nn1c(SCC(=O)N2N=C(c3cccs3)CC2c2ccco2)nnc1-c1ccco1. The number of carbonyl (C=O) groups excluding carboxylic acids is 1. The molecule has 0 bridgehead atoms. The van der Waals surface area contributed by atoms with Crippen LogP contribution in [0.15, 0.2) is 73.4 Å². The van der Waals surface area contributed by atoms with Crippen LogP contribution in [0.3, 0.4) is 0 Å². The molecule has 0 spiro atoms. The number of furan rings is 2. The van der Waals surface area contributed by atoms with Gasteiger partial charge in [-0.1, -0.05) is 17.8 Å². The second-order valence-corrected chi connectivity index (χ2v) is 8.33. The van der Waals surface area contributed by atoms with Gasteiger partial charge in [-0.2, -0.15) is 5.10 Å². The van der Waals surface area contributed by atoms with Crippen molar-refractivity contribution in [1.29, 1.82) is 0 Å². The average molecular weight is 441 g/mol. The molecular weight excluding hydrogens is 424 g/mol. The summed E-state index contributed by atoms with van der Waals surface area (Å²) in [5.74, 6) is 7.60. The number of thioether (sulfide) groups is 1. The van der Waals surface area contributed by atoms with Gasteiger partial charge >= 0.3 is 0 Å². The molecule has 152 valence electrons. The number of thiophene rings is 1. The first-order valence-electron chi connectivity index (χ1n) is 9.04. The molecule has 11 heteroatoms. The van der Waals surface area contributed by atoms with Crippen LogP contribution in [0.2, 0.25) is 0 Å². The second kappa shape index (κ2) is 7.84. The normalized spacial score (nSPS) is 16.2. The van der Waals surface area contributed by atoms with Crippen LogP contribution in [0.5, 0.6) is 0 Å². The first kappa shape index (κ1) is 18.7. The zero-order chi connectivity index (χ0) is 20.5. The molecule has 0 saturated carbocycles. The smallest absolute Gasteiger partial charge is 0.253 e. The van der Waals surface area contributed by atoms with Crippen molar-refractivity contribution >= 4 is 34.7 Å². The van der Waals surface area contributed by atoms with E-state index in [9.17, 15) is 4.79 Å². The van der Waals surface area contributed by atoms with Crippen molar-refractivity contribution in [3.05, 3.63) is 64.9 Å². The molecule has 9 nitrogen and oxygen atoms in total. The Morgan fingerprint density at radius 2 is 2.07 bits per heavy atom. The van der Waals surface area contributed by atoms with Gasteiger partial charge in [0.05, 0.1) is 28.9 Å². The summed E-state index contributed by atoms with van der Waals surface area (Å²) in [4.78, 5) is 14.1. The Hall–Kier alpha value is -3.31. The maximum Gasteiger partial charge on any atom is 0.253 e. The standard InChI is InChI=1S/C19H16N6O3S2/c20-24-18(15-5-2-8-28-15)21-22-19(24)30-11-17(26)25-13(14-4-1-7-27-14)10-12(23-25)16-6-3-9-29-16/h1-9,13H,10-11,20H2. The maximum absolute atomic E-state index is 13.0. The van der Waals surface area contributed by atoms with Crippen LogP contribution >= 0.6 is 23.1 Å². The molecule has 1 unspecified atom stereocenters. The van der Waals surface area contributed by atoms with Gasteiger partial charge < -0.3 is 14.7 Å². The predicted octanol–water partition coefficient (Wildman–Crippen LogP) is 3.38. The van der Waals surface area contributed by atoms with E-state index in [0.717, 1.165) is 10.6 Å². The molecule has 1 amide bonds. The van der Waals surface area contributed by atoms with E-state index in [1.54, 1.807) is 29.7 Å². The lowest BCUT2D eigenvalue weighted by Gasteiger charge is -2.19. The summed E-state index contributed by atoms with van der Waals surface area (Å²) in [5, 5.41) is 16.6. The number of hydrogen-bond acceptors (Lipinski definition) is 9. The van der Waals surface area contributed by atoms with Gasteiger partial charge in [-0.25, -0.2) is 9.69 Å². The monoisotopic (exact) mass is 440 g/mol. The van der Waals surface area contributed by atoms with E-state index in [1.165, 1.54) is 27.7 Å². The topological polar surface area (TPSA) is 116 Å². The van der Waals surface area contributed by atoms with Crippen LogP contribution in [-0.2, 0) is 4.79 Å². The lowest BCUT2D eigenvalue weighted by Crippen LogP contribution is -2.28. The van der Waals surface area contributed by atoms with Crippen LogP contribution in [0.25, 0.3) is 11.6 Å². The molecule has 2 N–H and O–H groups in total. The molecule has 0 aromatic carbocycles. The van der Waals surface area contributed by atoms with Crippen LogP contribution < -0.4 is 5.84 Å². The summed E-state index contributed by atoms with van der Waals surface area (Å²) in [7, 11) is 0. The van der Waals surface area contributed by atoms with Gasteiger partial charge in [-0.3, -0.25) is 4.79 Å². The molecule has 4 aromatic heterocycles. The Morgan fingerprint density at radius 3 is 2.80 bits per heavy atom. The van der Waals surface area contributed by atoms with Crippen LogP contribution in [0.1, 0.15) is 23.1 Å². The number of amides is 1. The Balaban J connectivity index is 1.34. The highest BCUT2D eigenvalue weighted by Crippen LogP contribution is 2.34. The molecule has 0 saturated heterocycles. The number of nitrogens with zero attached hydrogens (tertiary/aromatic N) is 5. The van der Waals surface area contributed by atoms with Crippen molar-refractivity contribution in [3.63, 3.8) is 0 Å². The molecule has 0 aliphatic carbocycles. The van der Waals surface area contributed by atoms with Gasteiger partial charge in [0.25, 0.3) is 5.91 Å². The number of hydrazone groups is 1. The minimum absolute atomic E-state index is 0.103. The van der Waals surface area contributed by atoms with Crippen LogP contribution in [0.4, 0.5) is 0 Å². The quantitative estimate of drug-likeness (QED) is 0.361. The average Bonchev–Trinajstić information content (AvgIpc) is 3.56. The van der Waals surface area contributed by atoms with E-state index in [1.807, 2.05) is 29.6 Å². The highest BCUT2D eigenvalue weighted by Gasteiger charge is 2.35. The Labute approximate surface area is 179 Å². The zero-order valence-corrected chi connectivity index (χ0v) is 17.2. The third kappa shape index (κ3) is 3.42. The van der Waals surface area contributed by atoms with E-state index >= 15 is 0 Å². The largest absolute Gasteiger partial charge is 0.467 e. The van der Waals surface area contributed by atoms with Gasteiger partial charge in [0.15, 0.2) is 5.76 Å². The summed E-state index contributed by atoms with van der Waals surface area (Å²) in [6.07, 6.45) is 3.73. The molecule has 1 atom stereocenters. The fourth-order valence-corrected chi connectivity index (χ4v) is 4.61. The number of nitrogen functional groups attached to an aromatic ring is 1. The fraction of sp³-hybridized carbons (Fsp3) is 0.158. The highest BCUT2D eigenvalue weighted by atomic mass is 32.2. The third-order valence-corrected chi connectivity index (χ3v) is 6.42. The van der Waals surface area contributed by atoms with E-state index in [0.29, 0.717) is 28.9 Å². The van der Waals surface area contributed by atoms with Crippen molar-refractivity contribution in [2.45, 2.75) is 17.6 Å². The number of carbonyl (C=O) groups is 1. The third-order valence-electron chi connectivity index (χ3n) is 4.57. The fourth-order valence-electron chi connectivity index (χ4n) is 3.18. The van der Waals surface area contributed by atoms with Gasteiger partial charge in [0.2, 0.25) is 11.0 Å². The first-order valence-corrected chi connectivity index (χ1v) is 10.9. The van der Waals surface area contributed by atoms with Gasteiger partial charge in [0.1, 0.15) is 11.8 Å². The number of hydrogen-bond donors (Lipinski definition) is 1. The van der Waals surface area contributed by atoms with Crippen LogP contribution in [-0.4, -0.2) is 37.3 Å². The van der Waals surface area contributed by atoms with E-state index < -0.39 is 0 Å². The minimum Gasteiger partial charge on any atom is -0.467 e. The van der Waals surface area contributed by atoms with E-state index in [-0.39, 0.29) is 17.7 Å². The predicted molar refractivity (Wildman–Crippen MR) is 112 cm³/mol. The molecule has 5 rings (SSSR count). The molecule has 0 fully saturated rings. The van der Waals surface area contributed by atoms with Gasteiger partial charge in [-0.15, -0.1) is 21.5 Å². The first-order chi connectivity index (χ1) is 14.7. The Bertz CT molecular complexity index is 1170. The summed E-state index contributed by atoms with van der Waals surface area (Å²) < 4.78 is 12.2. The van der Waals surface area contributed by atoms with Gasteiger partial charge in [-0.05, 0) is 35.7 Å². The molecule has 4 aromatic rings. The van der Waals surface area contributed by atoms with E-state index in [2.05, 4.69) is 15.3 Å². The summed E-state index contributed by atoms with van der Waals surface area (Å²) in [5.41, 5.74) is 0.867.